The minimum atomic E-state index is -0.114. The summed E-state index contributed by atoms with van der Waals surface area (Å²) in [6, 6.07) is 76.4. The molecule has 1 heterocycles. The second-order valence-corrected chi connectivity index (χ2v) is 18.1. The quantitative estimate of drug-likeness (QED) is 0.163. The maximum absolute atomic E-state index is 2.43. The molecule has 0 saturated carbocycles. The summed E-state index contributed by atoms with van der Waals surface area (Å²) in [5, 5.41) is 2.52. The number of hydrogen-bond donors (Lipinski definition) is 0. The van der Waals surface area contributed by atoms with Gasteiger partial charge in [0.1, 0.15) is 0 Å². The number of para-hydroxylation sites is 2. The number of hydrogen-bond acceptors (Lipinski definition) is 1. The van der Waals surface area contributed by atoms with Crippen molar-refractivity contribution in [3.05, 3.63) is 229 Å². The van der Waals surface area contributed by atoms with E-state index in [1.807, 2.05) is 0 Å². The predicted molar refractivity (Wildman–Crippen MR) is 261 cm³/mol. The topological polar surface area (TPSA) is 8.17 Å². The van der Waals surface area contributed by atoms with Crippen LogP contribution in [0.4, 0.5) is 17.1 Å². The van der Waals surface area contributed by atoms with Crippen molar-refractivity contribution in [2.45, 2.75) is 38.5 Å². The van der Waals surface area contributed by atoms with E-state index in [2.05, 4.69) is 243 Å². The minimum Gasteiger partial charge on any atom is -0.310 e. The monoisotopic (exact) mass is 794 g/mol. The molecule has 0 saturated heterocycles. The molecule has 296 valence electrons. The number of aromatic nitrogens is 1. The van der Waals surface area contributed by atoms with E-state index in [1.165, 1.54) is 94.3 Å². The Hall–Kier alpha value is -7.42. The Kier molecular flexibility index (Phi) is 7.96. The highest BCUT2D eigenvalue weighted by atomic mass is 15.1. The fourth-order valence-electron chi connectivity index (χ4n) is 11.0. The number of anilines is 3. The first-order valence-electron chi connectivity index (χ1n) is 21.9. The fourth-order valence-corrected chi connectivity index (χ4v) is 11.0. The maximum atomic E-state index is 2.43. The molecule has 62 heavy (non-hydrogen) atoms. The van der Waals surface area contributed by atoms with Crippen LogP contribution in [-0.2, 0) is 10.8 Å². The molecule has 2 aliphatic rings. The third-order valence-electron chi connectivity index (χ3n) is 14.0. The Morgan fingerprint density at radius 2 is 0.855 bits per heavy atom. The van der Waals surface area contributed by atoms with Gasteiger partial charge in [0.05, 0.1) is 11.0 Å². The molecule has 12 rings (SSSR count). The molecule has 0 aliphatic heterocycles. The van der Waals surface area contributed by atoms with Crippen molar-refractivity contribution in [3.8, 4) is 50.2 Å². The van der Waals surface area contributed by atoms with Crippen LogP contribution >= 0.6 is 0 Å². The van der Waals surface area contributed by atoms with Crippen molar-refractivity contribution in [2.75, 3.05) is 4.90 Å². The third kappa shape index (κ3) is 5.29. The summed E-state index contributed by atoms with van der Waals surface area (Å²) in [5.41, 5.74) is 22.6. The van der Waals surface area contributed by atoms with Gasteiger partial charge in [-0.25, -0.2) is 0 Å². The van der Waals surface area contributed by atoms with Crippen molar-refractivity contribution in [3.63, 3.8) is 0 Å². The maximum Gasteiger partial charge on any atom is 0.0547 e. The molecule has 2 nitrogen and oxygen atoms in total. The van der Waals surface area contributed by atoms with Gasteiger partial charge in [-0.2, -0.15) is 0 Å². The molecule has 9 aromatic carbocycles. The third-order valence-corrected chi connectivity index (χ3v) is 14.0. The summed E-state index contributed by atoms with van der Waals surface area (Å²) < 4.78 is 2.39. The van der Waals surface area contributed by atoms with Gasteiger partial charge < -0.3 is 9.47 Å². The van der Waals surface area contributed by atoms with E-state index < -0.39 is 0 Å². The van der Waals surface area contributed by atoms with Crippen LogP contribution in [0.3, 0.4) is 0 Å². The summed E-state index contributed by atoms with van der Waals surface area (Å²) in [5.74, 6) is 0. The van der Waals surface area contributed by atoms with E-state index in [-0.39, 0.29) is 10.8 Å². The first-order valence-corrected chi connectivity index (χ1v) is 21.9. The Bertz CT molecular complexity index is 3380. The average molecular weight is 795 g/mol. The zero-order valence-electron chi connectivity index (χ0n) is 35.5. The molecule has 0 N–H and O–H groups in total. The summed E-state index contributed by atoms with van der Waals surface area (Å²) >= 11 is 0. The largest absolute Gasteiger partial charge is 0.310 e. The lowest BCUT2D eigenvalue weighted by atomic mass is 9.82. The first kappa shape index (κ1) is 36.4. The van der Waals surface area contributed by atoms with Crippen molar-refractivity contribution in [2.24, 2.45) is 0 Å². The Morgan fingerprint density at radius 1 is 0.355 bits per heavy atom. The zero-order chi connectivity index (χ0) is 41.7. The molecule has 2 heteroatoms. The molecular weight excluding hydrogens is 749 g/mol. The van der Waals surface area contributed by atoms with Gasteiger partial charge in [0.2, 0.25) is 0 Å². The molecule has 0 unspecified atom stereocenters. The number of benzene rings is 9. The van der Waals surface area contributed by atoms with Crippen molar-refractivity contribution < 1.29 is 0 Å². The van der Waals surface area contributed by atoms with Gasteiger partial charge in [-0.3, -0.25) is 0 Å². The number of fused-ring (bicyclic) bond motifs is 9. The second kappa shape index (κ2) is 13.5. The molecular formula is C60H46N2. The average Bonchev–Trinajstić information content (AvgIpc) is 3.87. The second-order valence-electron chi connectivity index (χ2n) is 18.1. The van der Waals surface area contributed by atoms with Crippen LogP contribution in [-0.4, -0.2) is 4.57 Å². The highest BCUT2D eigenvalue weighted by molar-refractivity contribution is 6.15. The lowest BCUT2D eigenvalue weighted by Crippen LogP contribution is -2.16. The Morgan fingerprint density at radius 3 is 1.60 bits per heavy atom. The molecule has 10 aromatic rings. The lowest BCUT2D eigenvalue weighted by Gasteiger charge is -2.28. The smallest absolute Gasteiger partial charge is 0.0547 e. The predicted octanol–water partition coefficient (Wildman–Crippen LogP) is 16.2. The van der Waals surface area contributed by atoms with Gasteiger partial charge in [0.25, 0.3) is 0 Å². The number of nitrogens with zero attached hydrogens (tertiary/aromatic N) is 2. The molecule has 2 aliphatic carbocycles. The summed E-state index contributed by atoms with van der Waals surface area (Å²) in [6.45, 7) is 9.44. The normalized spacial score (nSPS) is 14.1. The van der Waals surface area contributed by atoms with Crippen LogP contribution < -0.4 is 4.90 Å². The van der Waals surface area contributed by atoms with Crippen LogP contribution in [0.5, 0.6) is 0 Å². The highest BCUT2D eigenvalue weighted by Crippen LogP contribution is 2.53. The van der Waals surface area contributed by atoms with Gasteiger partial charge in [0, 0.05) is 44.4 Å². The van der Waals surface area contributed by atoms with Crippen LogP contribution in [0.25, 0.3) is 72.0 Å². The van der Waals surface area contributed by atoms with E-state index >= 15 is 0 Å². The van der Waals surface area contributed by atoms with Gasteiger partial charge >= 0.3 is 0 Å². The standard InChI is InChI=1S/C60H46N2/c1-59(2)52-24-12-9-19-49(52)57-45(21-14-25-53(57)59)39-28-32-42(33-29-39)61(44-36-37-48-47-18-8-11-23-51(47)60(3,4)54(48)38-44)43-34-30-40(31-35-43)46-22-15-27-56-58(46)50-20-10-13-26-55(50)62(56)41-16-6-5-7-17-41/h5-38H,1-4H3. The summed E-state index contributed by atoms with van der Waals surface area (Å²) in [4.78, 5) is 2.43. The Labute approximate surface area is 364 Å². The van der Waals surface area contributed by atoms with Crippen molar-refractivity contribution in [1.82, 2.24) is 4.57 Å². The highest BCUT2D eigenvalue weighted by Gasteiger charge is 2.37. The van der Waals surface area contributed by atoms with Gasteiger partial charge in [-0.15, -0.1) is 0 Å². The molecule has 0 atom stereocenters. The summed E-state index contributed by atoms with van der Waals surface area (Å²) in [7, 11) is 0. The molecule has 0 spiro atoms. The SMILES string of the molecule is CC1(C)c2ccccc2-c2ccc(N(c3ccc(-c4cccc5c4-c4ccccc4C5(C)C)cc3)c3ccc(-c4cccc5c4c4ccccc4n5-c4ccccc4)cc3)cc21. The van der Waals surface area contributed by atoms with E-state index in [9.17, 15) is 0 Å². The van der Waals surface area contributed by atoms with Crippen LogP contribution in [0.15, 0.2) is 206 Å². The van der Waals surface area contributed by atoms with Crippen LogP contribution in [0.2, 0.25) is 0 Å². The molecule has 0 fully saturated rings. The van der Waals surface area contributed by atoms with E-state index in [1.54, 1.807) is 0 Å². The fraction of sp³-hybridized carbons (Fsp3) is 0.100. The Balaban J connectivity index is 0.991. The molecule has 0 amide bonds. The van der Waals surface area contributed by atoms with E-state index in [0.29, 0.717) is 0 Å². The summed E-state index contributed by atoms with van der Waals surface area (Å²) in [6.07, 6.45) is 0. The number of rotatable bonds is 6. The lowest BCUT2D eigenvalue weighted by molar-refractivity contribution is 0.660. The van der Waals surface area contributed by atoms with Crippen LogP contribution in [0, 0.1) is 0 Å². The molecule has 0 bridgehead atoms. The molecule has 1 aromatic heterocycles. The van der Waals surface area contributed by atoms with Gasteiger partial charge in [0.15, 0.2) is 0 Å². The van der Waals surface area contributed by atoms with Gasteiger partial charge in [-0.1, -0.05) is 173 Å². The minimum absolute atomic E-state index is 0.0453. The zero-order valence-corrected chi connectivity index (χ0v) is 35.5. The van der Waals surface area contributed by atoms with E-state index in [4.69, 9.17) is 0 Å². The van der Waals surface area contributed by atoms with Crippen LogP contribution in [0.1, 0.15) is 49.9 Å². The van der Waals surface area contributed by atoms with Crippen molar-refractivity contribution >= 4 is 38.9 Å². The van der Waals surface area contributed by atoms with Crippen molar-refractivity contribution in [1.29, 1.82) is 0 Å². The van der Waals surface area contributed by atoms with E-state index in [0.717, 1.165) is 17.1 Å². The first-order chi connectivity index (χ1) is 30.3. The molecule has 0 radical (unpaired) electrons. The van der Waals surface area contributed by atoms with Gasteiger partial charge in [-0.05, 0) is 127 Å².